The molecule has 0 fully saturated rings. The van der Waals surface area contributed by atoms with Crippen molar-refractivity contribution in [1.82, 2.24) is 0 Å². The van der Waals surface area contributed by atoms with Crippen molar-refractivity contribution in [2.75, 3.05) is 26.4 Å². The zero-order chi connectivity index (χ0) is 18.2. The normalized spacial score (nSPS) is 13.5. The molecule has 0 heterocycles. The molecule has 0 bridgehead atoms. The van der Waals surface area contributed by atoms with Crippen LogP contribution < -0.4 is 4.89 Å². The van der Waals surface area contributed by atoms with Gasteiger partial charge in [-0.3, -0.25) is 9.05 Å². The smallest absolute Gasteiger partial charge is 0.379 e. The molecule has 0 aliphatic heterocycles. The van der Waals surface area contributed by atoms with E-state index >= 15 is 0 Å². The highest BCUT2D eigenvalue weighted by atomic mass is 31.2. The maximum atomic E-state index is 12.6. The number of ether oxygens (including phenoxy) is 1. The Labute approximate surface area is 151 Å². The van der Waals surface area contributed by atoms with Crippen LogP contribution in [0.3, 0.4) is 0 Å². The molecule has 1 unspecified atom stereocenters. The molecule has 1 aromatic rings. The van der Waals surface area contributed by atoms with E-state index in [1.807, 2.05) is 13.0 Å². The third-order valence-electron chi connectivity index (χ3n) is 3.40. The van der Waals surface area contributed by atoms with E-state index in [0.29, 0.717) is 25.6 Å². The van der Waals surface area contributed by atoms with E-state index in [2.05, 4.69) is 6.92 Å². The first-order chi connectivity index (χ1) is 12.2. The number of hydrogen-bond donors (Lipinski definition) is 0. The fourth-order valence-corrected chi connectivity index (χ4v) is 3.04. The summed E-state index contributed by atoms with van der Waals surface area (Å²) in [4.78, 5) is 5.08. The van der Waals surface area contributed by atoms with Crippen molar-refractivity contribution < 1.29 is 27.9 Å². The molecule has 0 N–H and O–H groups in total. The maximum absolute atomic E-state index is 12.6. The summed E-state index contributed by atoms with van der Waals surface area (Å²) in [7, 11) is -3.79. The van der Waals surface area contributed by atoms with E-state index in [4.69, 9.17) is 23.3 Å². The van der Waals surface area contributed by atoms with E-state index in [1.165, 1.54) is 19.3 Å². The van der Waals surface area contributed by atoms with Gasteiger partial charge in [-0.2, -0.15) is 0 Å². The number of para-hydroxylation sites is 1. The van der Waals surface area contributed by atoms with Gasteiger partial charge >= 0.3 is 7.82 Å². The van der Waals surface area contributed by atoms with Crippen LogP contribution >= 0.6 is 7.82 Å². The van der Waals surface area contributed by atoms with Crippen molar-refractivity contribution >= 4 is 7.82 Å². The topological polar surface area (TPSA) is 63.2 Å². The van der Waals surface area contributed by atoms with Crippen molar-refractivity contribution in [2.45, 2.75) is 52.4 Å². The summed E-state index contributed by atoms with van der Waals surface area (Å²) in [5.41, 5.74) is 0. The Hall–Kier alpha value is -0.910. The molecule has 1 aromatic carbocycles. The highest BCUT2D eigenvalue weighted by Crippen LogP contribution is 2.49. The summed E-state index contributed by atoms with van der Waals surface area (Å²) in [6.45, 7) is 5.35. The van der Waals surface area contributed by atoms with Crippen LogP contribution in [0.15, 0.2) is 30.3 Å². The molecular weight excluding hydrogens is 343 g/mol. The molecule has 1 atom stereocenters. The third kappa shape index (κ3) is 11.3. The second kappa shape index (κ2) is 14.3. The average Bonchev–Trinajstić information content (AvgIpc) is 2.64. The summed E-state index contributed by atoms with van der Waals surface area (Å²) in [6.07, 6.45) is 6.65. The summed E-state index contributed by atoms with van der Waals surface area (Å²) in [5, 5.41) is 0. The SMILES string of the molecule is CCCCCCCCOP(=O)(OCCOCC)OOc1ccccc1. The van der Waals surface area contributed by atoms with Crippen LogP contribution in [0.4, 0.5) is 0 Å². The first-order valence-electron chi connectivity index (χ1n) is 9.08. The minimum atomic E-state index is -3.79. The molecule has 0 aromatic heterocycles. The Kier molecular flexibility index (Phi) is 12.6. The highest BCUT2D eigenvalue weighted by molar-refractivity contribution is 7.48. The molecule has 0 saturated carbocycles. The quantitative estimate of drug-likeness (QED) is 0.164. The highest BCUT2D eigenvalue weighted by Gasteiger charge is 2.29. The molecule has 0 aliphatic carbocycles. The number of unbranched alkanes of at least 4 members (excludes halogenated alkanes) is 5. The molecule has 0 spiro atoms. The Morgan fingerprint density at radius 2 is 1.52 bits per heavy atom. The molecule has 0 aliphatic rings. The fourth-order valence-electron chi connectivity index (χ4n) is 2.06. The van der Waals surface area contributed by atoms with Gasteiger partial charge < -0.3 is 9.62 Å². The Morgan fingerprint density at radius 3 is 2.24 bits per heavy atom. The molecule has 0 amide bonds. The lowest BCUT2D eigenvalue weighted by Gasteiger charge is -2.17. The number of rotatable bonds is 16. The van der Waals surface area contributed by atoms with E-state index < -0.39 is 7.82 Å². The summed E-state index contributed by atoms with van der Waals surface area (Å²) < 4.78 is 33.4. The minimum Gasteiger partial charge on any atom is -0.379 e. The van der Waals surface area contributed by atoms with Gasteiger partial charge in [-0.05, 0) is 25.5 Å². The molecule has 144 valence electrons. The third-order valence-corrected chi connectivity index (χ3v) is 4.65. The van der Waals surface area contributed by atoms with Crippen molar-refractivity contribution in [3.63, 3.8) is 0 Å². The number of benzene rings is 1. The van der Waals surface area contributed by atoms with E-state index in [9.17, 15) is 4.57 Å². The Morgan fingerprint density at radius 1 is 0.840 bits per heavy atom. The molecule has 6 nitrogen and oxygen atoms in total. The van der Waals surface area contributed by atoms with Gasteiger partial charge in [0.15, 0.2) is 5.75 Å². The van der Waals surface area contributed by atoms with Gasteiger partial charge in [0.25, 0.3) is 0 Å². The molecule has 0 saturated heterocycles. The van der Waals surface area contributed by atoms with E-state index in [0.717, 1.165) is 19.3 Å². The zero-order valence-electron chi connectivity index (χ0n) is 15.4. The van der Waals surface area contributed by atoms with Gasteiger partial charge in [-0.25, -0.2) is 4.57 Å². The Balaban J connectivity index is 2.37. The van der Waals surface area contributed by atoms with Crippen molar-refractivity contribution in [3.8, 4) is 5.75 Å². The minimum absolute atomic E-state index is 0.111. The number of phosphoric acid groups is 1. The van der Waals surface area contributed by atoms with Crippen LogP contribution in [0.2, 0.25) is 0 Å². The number of phosphoric ester groups is 1. The maximum Gasteiger partial charge on any atom is 0.511 e. The van der Waals surface area contributed by atoms with Crippen molar-refractivity contribution in [3.05, 3.63) is 30.3 Å². The lowest BCUT2D eigenvalue weighted by atomic mass is 10.1. The van der Waals surface area contributed by atoms with E-state index in [-0.39, 0.29) is 6.61 Å². The van der Waals surface area contributed by atoms with Crippen LogP contribution in [-0.2, 0) is 23.0 Å². The lowest BCUT2D eigenvalue weighted by Crippen LogP contribution is -2.08. The van der Waals surface area contributed by atoms with Gasteiger partial charge in [0.2, 0.25) is 0 Å². The Bertz CT molecular complexity index is 468. The lowest BCUT2D eigenvalue weighted by molar-refractivity contribution is -0.133. The molecule has 0 radical (unpaired) electrons. The summed E-state index contributed by atoms with van der Waals surface area (Å²) in [6, 6.07) is 8.81. The standard InChI is InChI=1S/C18H31O6P/c1-3-5-6-7-8-12-15-21-25(19,22-17-16-20-4-2)24-23-18-13-10-9-11-14-18/h9-11,13-14H,3-8,12,15-17H2,1-2H3. The van der Waals surface area contributed by atoms with Crippen molar-refractivity contribution in [2.24, 2.45) is 0 Å². The molecular formula is C18H31O6P. The van der Waals surface area contributed by atoms with Crippen LogP contribution in [0.5, 0.6) is 5.75 Å². The molecule has 7 heteroatoms. The van der Waals surface area contributed by atoms with Gasteiger partial charge in [-0.15, -0.1) is 0 Å². The first kappa shape index (κ1) is 22.1. The van der Waals surface area contributed by atoms with Crippen LogP contribution in [0, 0.1) is 0 Å². The summed E-state index contributed by atoms with van der Waals surface area (Å²) in [5.74, 6) is 0.430. The predicted octanol–water partition coefficient (Wildman–Crippen LogP) is 5.54. The van der Waals surface area contributed by atoms with Crippen LogP contribution in [0.25, 0.3) is 0 Å². The molecule has 1 rings (SSSR count). The fraction of sp³-hybridized carbons (Fsp3) is 0.667. The largest absolute Gasteiger partial charge is 0.511 e. The zero-order valence-corrected chi connectivity index (χ0v) is 16.2. The van der Waals surface area contributed by atoms with Gasteiger partial charge in [0, 0.05) is 6.61 Å². The van der Waals surface area contributed by atoms with Gasteiger partial charge in [0.1, 0.15) is 0 Å². The molecule has 25 heavy (non-hydrogen) atoms. The monoisotopic (exact) mass is 374 g/mol. The van der Waals surface area contributed by atoms with Gasteiger partial charge in [-0.1, -0.05) is 61.9 Å². The van der Waals surface area contributed by atoms with Crippen LogP contribution in [0.1, 0.15) is 52.4 Å². The van der Waals surface area contributed by atoms with E-state index in [1.54, 1.807) is 24.3 Å². The first-order valence-corrected chi connectivity index (χ1v) is 10.5. The predicted molar refractivity (Wildman–Crippen MR) is 97.5 cm³/mol. The number of hydrogen-bond acceptors (Lipinski definition) is 6. The second-order valence-electron chi connectivity index (χ2n) is 5.55. The van der Waals surface area contributed by atoms with Crippen LogP contribution in [-0.4, -0.2) is 26.4 Å². The summed E-state index contributed by atoms with van der Waals surface area (Å²) >= 11 is 0. The second-order valence-corrected chi connectivity index (χ2v) is 7.11. The average molecular weight is 374 g/mol. The van der Waals surface area contributed by atoms with Gasteiger partial charge in [0.05, 0.1) is 19.8 Å². The van der Waals surface area contributed by atoms with Crippen molar-refractivity contribution in [1.29, 1.82) is 0 Å².